The average molecular weight is 449 g/mol. The quantitative estimate of drug-likeness (QED) is 0.612. The van der Waals surface area contributed by atoms with E-state index in [1.807, 2.05) is 24.8 Å². The van der Waals surface area contributed by atoms with Gasteiger partial charge in [0.25, 0.3) is 5.78 Å². The highest BCUT2D eigenvalue weighted by atomic mass is 79.9. The predicted molar refractivity (Wildman–Crippen MR) is 108 cm³/mol. The number of nitrogens with zero attached hydrogens (tertiary/aromatic N) is 6. The van der Waals surface area contributed by atoms with Crippen molar-refractivity contribution in [2.24, 2.45) is 0 Å². The lowest BCUT2D eigenvalue weighted by molar-refractivity contribution is -0.132. The molecule has 3 aromatic heterocycles. The minimum atomic E-state index is 0.0822. The lowest BCUT2D eigenvalue weighted by Crippen LogP contribution is -2.48. The van der Waals surface area contributed by atoms with Crippen molar-refractivity contribution in [1.82, 2.24) is 29.4 Å². The molecule has 3 aromatic rings. The number of thiophene rings is 1. The Morgan fingerprint density at radius 3 is 2.67 bits per heavy atom. The van der Waals surface area contributed by atoms with E-state index >= 15 is 0 Å². The van der Waals surface area contributed by atoms with E-state index in [1.54, 1.807) is 15.9 Å². The Morgan fingerprint density at radius 1 is 1.19 bits per heavy atom. The Bertz CT molecular complexity index is 976. The molecule has 7 nitrogen and oxygen atoms in total. The van der Waals surface area contributed by atoms with Crippen molar-refractivity contribution in [3.05, 3.63) is 44.1 Å². The second-order valence-corrected chi connectivity index (χ2v) is 9.37. The molecule has 0 spiro atoms. The van der Waals surface area contributed by atoms with E-state index in [2.05, 4.69) is 48.0 Å². The number of hydrogen-bond donors (Lipinski definition) is 0. The lowest BCUT2D eigenvalue weighted by Gasteiger charge is -2.34. The van der Waals surface area contributed by atoms with E-state index < -0.39 is 0 Å². The Hall–Kier alpha value is -1.84. The monoisotopic (exact) mass is 448 g/mol. The van der Waals surface area contributed by atoms with Crippen LogP contribution < -0.4 is 0 Å². The normalized spacial score (nSPS) is 15.6. The van der Waals surface area contributed by atoms with Crippen molar-refractivity contribution < 1.29 is 4.79 Å². The van der Waals surface area contributed by atoms with Gasteiger partial charge in [-0.2, -0.15) is 4.98 Å². The van der Waals surface area contributed by atoms with Crippen molar-refractivity contribution in [2.45, 2.75) is 26.8 Å². The molecule has 0 unspecified atom stereocenters. The van der Waals surface area contributed by atoms with Crippen molar-refractivity contribution in [2.75, 3.05) is 26.2 Å². The number of hydrogen-bond acceptors (Lipinski definition) is 6. The molecule has 0 radical (unpaired) electrons. The summed E-state index contributed by atoms with van der Waals surface area (Å²) >= 11 is 5.27. The molecule has 4 heterocycles. The highest BCUT2D eigenvalue weighted by Crippen LogP contribution is 2.23. The van der Waals surface area contributed by atoms with Gasteiger partial charge in [-0.05, 0) is 48.0 Å². The number of halogens is 1. The van der Waals surface area contributed by atoms with Gasteiger partial charge in [0.05, 0.1) is 10.2 Å². The molecule has 1 fully saturated rings. The molecule has 142 valence electrons. The first-order chi connectivity index (χ1) is 13.0. The van der Waals surface area contributed by atoms with Crippen molar-refractivity contribution in [3.8, 4) is 0 Å². The number of aromatic nitrogens is 4. The number of carbonyl (C=O) groups is 1. The van der Waals surface area contributed by atoms with Gasteiger partial charge in [-0.25, -0.2) is 9.50 Å². The molecule has 0 atom stereocenters. The molecule has 0 aliphatic carbocycles. The van der Waals surface area contributed by atoms with Crippen LogP contribution in [-0.4, -0.2) is 61.5 Å². The molecule has 1 amide bonds. The van der Waals surface area contributed by atoms with Crippen LogP contribution in [0.1, 0.15) is 22.1 Å². The zero-order valence-electron chi connectivity index (χ0n) is 15.4. The maximum atomic E-state index is 12.7. The van der Waals surface area contributed by atoms with E-state index in [1.165, 1.54) is 4.88 Å². The van der Waals surface area contributed by atoms with E-state index in [-0.39, 0.29) is 12.3 Å². The fraction of sp³-hybridized carbons (Fsp3) is 0.444. The molecular weight excluding hydrogens is 428 g/mol. The Labute approximate surface area is 170 Å². The summed E-state index contributed by atoms with van der Waals surface area (Å²) in [4.78, 5) is 27.1. The highest BCUT2D eigenvalue weighted by molar-refractivity contribution is 9.11. The van der Waals surface area contributed by atoms with E-state index in [0.717, 1.165) is 47.9 Å². The Balaban J connectivity index is 1.35. The highest BCUT2D eigenvalue weighted by Gasteiger charge is 2.23. The topological polar surface area (TPSA) is 66.6 Å². The van der Waals surface area contributed by atoms with Gasteiger partial charge < -0.3 is 4.90 Å². The summed E-state index contributed by atoms with van der Waals surface area (Å²) in [6.07, 6.45) is 0.222. The van der Waals surface area contributed by atoms with Crippen molar-refractivity contribution >= 4 is 39.0 Å². The second kappa shape index (κ2) is 7.65. The summed E-state index contributed by atoms with van der Waals surface area (Å²) in [5, 5.41) is 4.44. The van der Waals surface area contributed by atoms with Gasteiger partial charge in [-0.3, -0.25) is 9.69 Å². The van der Waals surface area contributed by atoms with Gasteiger partial charge in [0.1, 0.15) is 0 Å². The SMILES string of the molecule is Cc1cc(C)n2nc(CC(=O)N3CCN(Cc4ccc(Br)s4)CC3)nc2n1. The van der Waals surface area contributed by atoms with Gasteiger partial charge in [0, 0.05) is 49.0 Å². The largest absolute Gasteiger partial charge is 0.340 e. The van der Waals surface area contributed by atoms with Gasteiger partial charge in [0.15, 0.2) is 5.82 Å². The van der Waals surface area contributed by atoms with Crippen LogP contribution in [0.15, 0.2) is 22.0 Å². The smallest absolute Gasteiger partial charge is 0.252 e. The summed E-state index contributed by atoms with van der Waals surface area (Å²) in [5.74, 6) is 1.17. The minimum Gasteiger partial charge on any atom is -0.340 e. The summed E-state index contributed by atoms with van der Waals surface area (Å²) in [7, 11) is 0. The molecule has 1 aliphatic rings. The maximum absolute atomic E-state index is 12.7. The van der Waals surface area contributed by atoms with Crippen LogP contribution in [0.5, 0.6) is 0 Å². The molecule has 0 bridgehead atoms. The second-order valence-electron chi connectivity index (χ2n) is 6.82. The molecule has 0 aromatic carbocycles. The third kappa shape index (κ3) is 4.20. The molecule has 27 heavy (non-hydrogen) atoms. The van der Waals surface area contributed by atoms with Crippen LogP contribution in [-0.2, 0) is 17.8 Å². The number of fused-ring (bicyclic) bond motifs is 1. The zero-order chi connectivity index (χ0) is 19.0. The first-order valence-corrected chi connectivity index (χ1v) is 10.5. The molecule has 0 saturated carbocycles. The maximum Gasteiger partial charge on any atom is 0.252 e. The Morgan fingerprint density at radius 2 is 1.96 bits per heavy atom. The average Bonchev–Trinajstić information content (AvgIpc) is 3.21. The molecule has 1 saturated heterocycles. The first-order valence-electron chi connectivity index (χ1n) is 8.92. The summed E-state index contributed by atoms with van der Waals surface area (Å²) < 4.78 is 2.86. The van der Waals surface area contributed by atoms with Crippen LogP contribution in [0.2, 0.25) is 0 Å². The molecule has 4 rings (SSSR count). The third-order valence-corrected chi connectivity index (χ3v) is 6.31. The zero-order valence-corrected chi connectivity index (χ0v) is 17.8. The summed E-state index contributed by atoms with van der Waals surface area (Å²) in [6.45, 7) is 8.11. The number of aryl methyl sites for hydroxylation is 2. The predicted octanol–water partition coefficient (Wildman–Crippen LogP) is 2.45. The van der Waals surface area contributed by atoms with Crippen LogP contribution in [0.4, 0.5) is 0 Å². The molecule has 9 heteroatoms. The Kier molecular flexibility index (Phi) is 5.25. The number of amides is 1. The summed E-state index contributed by atoms with van der Waals surface area (Å²) in [6, 6.07) is 6.19. The molecule has 1 aliphatic heterocycles. The number of rotatable bonds is 4. The van der Waals surface area contributed by atoms with E-state index in [4.69, 9.17) is 0 Å². The van der Waals surface area contributed by atoms with Crippen LogP contribution in [0.3, 0.4) is 0 Å². The molecule has 0 N–H and O–H groups in total. The number of carbonyl (C=O) groups excluding carboxylic acids is 1. The van der Waals surface area contributed by atoms with E-state index in [0.29, 0.717) is 11.6 Å². The lowest BCUT2D eigenvalue weighted by atomic mass is 10.2. The summed E-state index contributed by atoms with van der Waals surface area (Å²) in [5.41, 5.74) is 1.87. The van der Waals surface area contributed by atoms with Crippen molar-refractivity contribution in [1.29, 1.82) is 0 Å². The standard InChI is InChI=1S/C18H21BrN6OS/c1-12-9-13(2)25-18(20-12)21-16(22-25)10-17(26)24-7-5-23(6-8-24)11-14-3-4-15(19)27-14/h3-4,9H,5-8,10-11H2,1-2H3. The number of piperazine rings is 1. The first kappa shape index (κ1) is 18.5. The van der Waals surface area contributed by atoms with Crippen LogP contribution in [0.25, 0.3) is 5.78 Å². The van der Waals surface area contributed by atoms with Gasteiger partial charge >= 0.3 is 0 Å². The van der Waals surface area contributed by atoms with Gasteiger partial charge in [0.2, 0.25) is 5.91 Å². The van der Waals surface area contributed by atoms with E-state index in [9.17, 15) is 4.79 Å². The molecular formula is C18H21BrN6OS. The van der Waals surface area contributed by atoms with Gasteiger partial charge in [-0.15, -0.1) is 16.4 Å². The third-order valence-electron chi connectivity index (χ3n) is 4.70. The fourth-order valence-corrected chi connectivity index (χ4v) is 4.87. The fourth-order valence-electron chi connectivity index (χ4n) is 3.34. The van der Waals surface area contributed by atoms with Crippen LogP contribution in [0, 0.1) is 13.8 Å². The minimum absolute atomic E-state index is 0.0822. The van der Waals surface area contributed by atoms with Crippen molar-refractivity contribution in [3.63, 3.8) is 0 Å². The van der Waals surface area contributed by atoms with Gasteiger partial charge in [-0.1, -0.05) is 0 Å². The van der Waals surface area contributed by atoms with Crippen LogP contribution >= 0.6 is 27.3 Å².